The maximum atomic E-state index is 6.85. The number of hydrogen-bond acceptors (Lipinski definition) is 5. The highest BCUT2D eigenvalue weighted by molar-refractivity contribution is 6.74. The molecule has 1 heterocycles. The van der Waals surface area contributed by atoms with Gasteiger partial charge in [0.25, 0.3) is 0 Å². The predicted octanol–water partition coefficient (Wildman–Crippen LogP) is 6.70. The van der Waals surface area contributed by atoms with Crippen molar-refractivity contribution in [1.82, 2.24) is 9.97 Å². The van der Waals surface area contributed by atoms with Gasteiger partial charge < -0.3 is 13.6 Å². The van der Waals surface area contributed by atoms with Crippen LogP contribution in [0.25, 0.3) is 0 Å². The van der Waals surface area contributed by atoms with Crippen molar-refractivity contribution in [2.45, 2.75) is 103 Å². The molecule has 0 unspecified atom stereocenters. The van der Waals surface area contributed by atoms with Crippen LogP contribution in [0.4, 0.5) is 0 Å². The Morgan fingerprint density at radius 1 is 0.967 bits per heavy atom. The average Bonchev–Trinajstić information content (AvgIpc) is 2.91. The highest BCUT2D eigenvalue weighted by atomic mass is 35.5. The topological polar surface area (TPSA) is 53.5 Å². The van der Waals surface area contributed by atoms with Crippen molar-refractivity contribution >= 4 is 28.2 Å². The third-order valence-corrected chi connectivity index (χ3v) is 16.4. The van der Waals surface area contributed by atoms with Gasteiger partial charge in [-0.1, -0.05) is 53.1 Å². The molecule has 0 spiro atoms. The molecule has 0 aliphatic heterocycles. The zero-order chi connectivity index (χ0) is 23.0. The Bertz CT molecular complexity index is 717. The van der Waals surface area contributed by atoms with Crippen LogP contribution in [0.2, 0.25) is 41.4 Å². The Labute approximate surface area is 190 Å². The molecule has 1 aromatic rings. The van der Waals surface area contributed by atoms with E-state index in [1.54, 1.807) is 6.07 Å². The lowest BCUT2D eigenvalue weighted by Gasteiger charge is -2.41. The van der Waals surface area contributed by atoms with Crippen molar-refractivity contribution in [3.8, 4) is 5.88 Å². The Morgan fingerprint density at radius 2 is 1.57 bits per heavy atom. The number of ether oxygens (including phenoxy) is 1. The third-order valence-electron chi connectivity index (χ3n) is 7.20. The molecule has 0 aromatic carbocycles. The molecule has 172 valence electrons. The summed E-state index contributed by atoms with van der Waals surface area (Å²) in [5.41, 5.74) is 0. The van der Waals surface area contributed by atoms with Crippen molar-refractivity contribution in [3.63, 3.8) is 0 Å². The van der Waals surface area contributed by atoms with E-state index in [4.69, 9.17) is 25.2 Å². The SMILES string of the molecule is CC(C)(C)[Si](C)(C)OC[C@@H]1C[C@@H](Oc2cc(Cl)ncn2)C[C@@H]1O[Si](C)(C)C(C)(C)C. The molecule has 1 fully saturated rings. The molecule has 3 atom stereocenters. The minimum Gasteiger partial charge on any atom is -0.474 e. The van der Waals surface area contributed by atoms with Gasteiger partial charge in [0.1, 0.15) is 17.6 Å². The lowest BCUT2D eigenvalue weighted by molar-refractivity contribution is 0.0999. The first-order valence-corrected chi connectivity index (χ1v) is 17.2. The molecular formula is C22H41ClN2O3Si2. The van der Waals surface area contributed by atoms with Gasteiger partial charge in [-0.3, -0.25) is 0 Å². The standard InChI is InChI=1S/C22H41ClN2O3Si2/c1-21(2,3)29(7,8)26-14-16-11-17(27-20-13-19(23)24-15-25-20)12-18(16)28-30(9,10)22(4,5)6/h13,15-18H,11-12,14H2,1-10H3/t16-,17+,18-/m0/s1. The first-order chi connectivity index (χ1) is 13.5. The minimum atomic E-state index is -1.90. The largest absolute Gasteiger partial charge is 0.474 e. The molecule has 30 heavy (non-hydrogen) atoms. The van der Waals surface area contributed by atoms with Gasteiger partial charge in [-0.05, 0) is 42.7 Å². The minimum absolute atomic E-state index is 0.0405. The van der Waals surface area contributed by atoms with Crippen LogP contribution in [0.15, 0.2) is 12.4 Å². The second-order valence-corrected chi connectivity index (χ2v) is 21.6. The summed E-state index contributed by atoms with van der Waals surface area (Å²) in [6, 6.07) is 1.67. The van der Waals surface area contributed by atoms with E-state index >= 15 is 0 Å². The van der Waals surface area contributed by atoms with Crippen molar-refractivity contribution in [1.29, 1.82) is 0 Å². The zero-order valence-electron chi connectivity index (χ0n) is 20.5. The Morgan fingerprint density at radius 3 is 2.10 bits per heavy atom. The second kappa shape index (κ2) is 9.18. The number of halogens is 1. The van der Waals surface area contributed by atoms with Crippen LogP contribution in [0, 0.1) is 5.92 Å². The van der Waals surface area contributed by atoms with E-state index < -0.39 is 16.6 Å². The lowest BCUT2D eigenvalue weighted by atomic mass is 10.1. The lowest BCUT2D eigenvalue weighted by Crippen LogP contribution is -2.46. The van der Waals surface area contributed by atoms with Crippen LogP contribution in [-0.2, 0) is 8.85 Å². The summed E-state index contributed by atoms with van der Waals surface area (Å²) in [5, 5.41) is 0.747. The smallest absolute Gasteiger partial charge is 0.218 e. The molecule has 8 heteroatoms. The summed E-state index contributed by atoms with van der Waals surface area (Å²) in [5.74, 6) is 0.840. The monoisotopic (exact) mass is 472 g/mol. The molecule has 0 bridgehead atoms. The molecule has 1 aromatic heterocycles. The first-order valence-electron chi connectivity index (χ1n) is 11.0. The van der Waals surface area contributed by atoms with E-state index in [0.717, 1.165) is 19.4 Å². The fourth-order valence-electron chi connectivity index (χ4n) is 3.09. The van der Waals surface area contributed by atoms with Gasteiger partial charge >= 0.3 is 0 Å². The fraction of sp³-hybridized carbons (Fsp3) is 0.818. The highest BCUT2D eigenvalue weighted by Crippen LogP contribution is 2.43. The zero-order valence-corrected chi connectivity index (χ0v) is 23.3. The number of aromatic nitrogens is 2. The van der Waals surface area contributed by atoms with Gasteiger partial charge in [-0.2, -0.15) is 0 Å². The molecule has 1 saturated carbocycles. The molecule has 1 aliphatic carbocycles. The molecular weight excluding hydrogens is 432 g/mol. The summed E-state index contributed by atoms with van der Waals surface area (Å²) < 4.78 is 19.6. The van der Waals surface area contributed by atoms with Crippen molar-refractivity contribution in [2.75, 3.05) is 6.61 Å². The average molecular weight is 473 g/mol. The number of rotatable bonds is 7. The van der Waals surface area contributed by atoms with Crippen LogP contribution < -0.4 is 4.74 Å². The van der Waals surface area contributed by atoms with Crippen LogP contribution in [0.3, 0.4) is 0 Å². The molecule has 2 rings (SSSR count). The summed E-state index contributed by atoms with van der Waals surface area (Å²) in [7, 11) is -3.72. The van der Waals surface area contributed by atoms with Crippen molar-refractivity contribution in [2.24, 2.45) is 5.92 Å². The first kappa shape index (κ1) is 25.8. The summed E-state index contributed by atoms with van der Waals surface area (Å²) in [4.78, 5) is 8.15. The van der Waals surface area contributed by atoms with Crippen LogP contribution in [-0.4, -0.2) is 45.4 Å². The van der Waals surface area contributed by atoms with Crippen molar-refractivity contribution < 1.29 is 13.6 Å². The molecule has 1 aliphatic rings. The second-order valence-electron chi connectivity index (χ2n) is 11.6. The van der Waals surface area contributed by atoms with E-state index in [1.165, 1.54) is 6.33 Å². The Balaban J connectivity index is 2.15. The Kier molecular flexibility index (Phi) is 7.89. The van der Waals surface area contributed by atoms with Crippen molar-refractivity contribution in [3.05, 3.63) is 17.5 Å². The van der Waals surface area contributed by atoms with Crippen LogP contribution in [0.1, 0.15) is 54.4 Å². The van der Waals surface area contributed by atoms with Gasteiger partial charge in [-0.15, -0.1) is 0 Å². The highest BCUT2D eigenvalue weighted by Gasteiger charge is 2.46. The van der Waals surface area contributed by atoms with E-state index in [1.807, 2.05) is 0 Å². The van der Waals surface area contributed by atoms with Gasteiger partial charge in [0.05, 0.1) is 6.10 Å². The normalized spacial score (nSPS) is 23.6. The molecule has 0 radical (unpaired) electrons. The summed E-state index contributed by atoms with van der Waals surface area (Å²) in [6.45, 7) is 23.7. The van der Waals surface area contributed by atoms with E-state index in [9.17, 15) is 0 Å². The van der Waals surface area contributed by atoms with Crippen LogP contribution >= 0.6 is 11.6 Å². The maximum Gasteiger partial charge on any atom is 0.218 e. The van der Waals surface area contributed by atoms with E-state index in [0.29, 0.717) is 17.0 Å². The van der Waals surface area contributed by atoms with Gasteiger partial charge in [0, 0.05) is 25.0 Å². The number of nitrogens with zero attached hydrogens (tertiary/aromatic N) is 2. The molecule has 5 nitrogen and oxygen atoms in total. The molecule has 0 N–H and O–H groups in total. The predicted molar refractivity (Wildman–Crippen MR) is 129 cm³/mol. The Hall–Kier alpha value is -0.476. The third kappa shape index (κ3) is 6.51. The van der Waals surface area contributed by atoms with E-state index in [2.05, 4.69) is 77.7 Å². The van der Waals surface area contributed by atoms with Crippen LogP contribution in [0.5, 0.6) is 5.88 Å². The summed E-state index contributed by atoms with van der Waals surface area (Å²) >= 11 is 6.00. The molecule has 0 saturated heterocycles. The van der Waals surface area contributed by atoms with Gasteiger partial charge in [0.2, 0.25) is 5.88 Å². The van der Waals surface area contributed by atoms with Gasteiger partial charge in [0.15, 0.2) is 16.6 Å². The maximum absolute atomic E-state index is 6.85. The summed E-state index contributed by atoms with van der Waals surface area (Å²) in [6.07, 6.45) is 3.36. The number of hydrogen-bond donors (Lipinski definition) is 0. The van der Waals surface area contributed by atoms with Gasteiger partial charge in [-0.25, -0.2) is 9.97 Å². The quantitative estimate of drug-likeness (QED) is 0.326. The van der Waals surface area contributed by atoms with E-state index in [-0.39, 0.29) is 22.3 Å². The molecule has 0 amide bonds. The fourth-order valence-corrected chi connectivity index (χ4v) is 5.69.